The van der Waals surface area contributed by atoms with Gasteiger partial charge in [0.15, 0.2) is 6.20 Å². The van der Waals surface area contributed by atoms with Crippen molar-refractivity contribution in [2.45, 2.75) is 6.92 Å². The Balaban J connectivity index is 1.87. The van der Waals surface area contributed by atoms with Crippen LogP contribution in [0.15, 0.2) is 67.0 Å². The highest BCUT2D eigenvalue weighted by molar-refractivity contribution is 7.26. The number of hydrogen-bond acceptors (Lipinski definition) is 2. The third-order valence-corrected chi connectivity index (χ3v) is 6.06. The molecule has 3 aromatic heterocycles. The van der Waals surface area contributed by atoms with Crippen LogP contribution in [0.1, 0.15) is 5.56 Å². The highest BCUT2D eigenvalue weighted by atomic mass is 32.1. The molecule has 0 bridgehead atoms. The van der Waals surface area contributed by atoms with Gasteiger partial charge >= 0.3 is 0 Å². The molecule has 5 aromatic rings. The van der Waals surface area contributed by atoms with E-state index in [1.165, 1.54) is 42.4 Å². The molecule has 5 rings (SSSR count). The smallest absolute Gasteiger partial charge is 0.213 e. The molecule has 0 atom stereocenters. The van der Waals surface area contributed by atoms with Gasteiger partial charge in [0.25, 0.3) is 0 Å². The van der Waals surface area contributed by atoms with Crippen molar-refractivity contribution < 1.29 is 4.57 Å². The van der Waals surface area contributed by atoms with Crippen LogP contribution in [0.25, 0.3) is 42.3 Å². The van der Waals surface area contributed by atoms with Crippen LogP contribution in [0.3, 0.4) is 0 Å². The molecule has 2 aromatic carbocycles. The van der Waals surface area contributed by atoms with E-state index in [0.29, 0.717) is 0 Å². The number of pyridine rings is 2. The summed E-state index contributed by atoms with van der Waals surface area (Å²) in [6.45, 7) is 2.17. The number of hydrogen-bond donors (Lipinski definition) is 0. The lowest BCUT2D eigenvalue weighted by atomic mass is 10.0. The summed E-state index contributed by atoms with van der Waals surface area (Å²) in [5, 5.41) is 3.79. The van der Waals surface area contributed by atoms with Gasteiger partial charge in [-0.2, -0.15) is 0 Å². The van der Waals surface area contributed by atoms with Gasteiger partial charge in [-0.15, -0.1) is 11.3 Å². The van der Waals surface area contributed by atoms with Crippen molar-refractivity contribution in [3.05, 3.63) is 72.6 Å². The van der Waals surface area contributed by atoms with Crippen molar-refractivity contribution in [1.82, 2.24) is 4.98 Å². The van der Waals surface area contributed by atoms with Gasteiger partial charge in [0.2, 0.25) is 5.69 Å². The zero-order valence-corrected chi connectivity index (χ0v) is 15.0. The Morgan fingerprint density at radius 3 is 2.72 bits per heavy atom. The second-order valence-electron chi connectivity index (χ2n) is 6.48. The van der Waals surface area contributed by atoms with Gasteiger partial charge in [-0.1, -0.05) is 36.4 Å². The van der Waals surface area contributed by atoms with Crippen LogP contribution in [0.4, 0.5) is 0 Å². The van der Waals surface area contributed by atoms with E-state index in [2.05, 4.69) is 78.3 Å². The molecule has 0 saturated heterocycles. The molecule has 0 amide bonds. The summed E-state index contributed by atoms with van der Waals surface area (Å²) in [5.41, 5.74) is 4.92. The number of fused-ring (bicyclic) bond motifs is 5. The third kappa shape index (κ3) is 2.16. The fraction of sp³-hybridized carbons (Fsp3) is 0.0909. The number of rotatable bonds is 1. The normalized spacial score (nSPS) is 11.6. The van der Waals surface area contributed by atoms with Gasteiger partial charge in [0.05, 0.1) is 15.6 Å². The maximum absolute atomic E-state index is 4.63. The minimum atomic E-state index is 1.10. The first-order valence-electron chi connectivity index (χ1n) is 8.38. The van der Waals surface area contributed by atoms with Crippen LogP contribution in [-0.4, -0.2) is 4.98 Å². The predicted molar refractivity (Wildman–Crippen MR) is 106 cm³/mol. The average Bonchev–Trinajstić information content (AvgIpc) is 3.00. The van der Waals surface area contributed by atoms with Gasteiger partial charge < -0.3 is 0 Å². The third-order valence-electron chi connectivity index (χ3n) is 4.89. The molecule has 120 valence electrons. The number of aryl methyl sites for hydroxylation is 2. The molecule has 0 unspecified atom stereocenters. The second-order valence-corrected chi connectivity index (χ2v) is 7.53. The zero-order chi connectivity index (χ0) is 17.0. The second kappa shape index (κ2) is 5.36. The van der Waals surface area contributed by atoms with Crippen molar-refractivity contribution in [1.29, 1.82) is 0 Å². The fourth-order valence-electron chi connectivity index (χ4n) is 3.59. The van der Waals surface area contributed by atoms with Crippen molar-refractivity contribution in [2.24, 2.45) is 7.05 Å². The molecule has 0 aliphatic heterocycles. The predicted octanol–water partition coefficient (Wildman–Crippen LogP) is 5.40. The Morgan fingerprint density at radius 1 is 0.960 bits per heavy atom. The van der Waals surface area contributed by atoms with E-state index in [1.54, 1.807) is 0 Å². The van der Waals surface area contributed by atoms with Crippen molar-refractivity contribution in [3.63, 3.8) is 0 Å². The summed E-state index contributed by atoms with van der Waals surface area (Å²) < 4.78 is 4.82. The molecule has 3 heterocycles. The molecule has 0 spiro atoms. The number of thiophene rings is 1. The minimum Gasteiger partial charge on any atom is -0.255 e. The van der Waals surface area contributed by atoms with Crippen LogP contribution in [0.5, 0.6) is 0 Å². The monoisotopic (exact) mass is 341 g/mol. The van der Waals surface area contributed by atoms with E-state index >= 15 is 0 Å². The molecular weight excluding hydrogens is 324 g/mol. The molecule has 25 heavy (non-hydrogen) atoms. The van der Waals surface area contributed by atoms with E-state index in [-0.39, 0.29) is 0 Å². The molecule has 0 fully saturated rings. The van der Waals surface area contributed by atoms with Crippen molar-refractivity contribution in [2.75, 3.05) is 0 Å². The first-order chi connectivity index (χ1) is 12.2. The quantitative estimate of drug-likeness (QED) is 0.373. The summed E-state index contributed by atoms with van der Waals surface area (Å²) in [6, 6.07) is 19.4. The lowest BCUT2D eigenvalue weighted by molar-refractivity contribution is -0.659. The Hall–Kier alpha value is -2.78. The summed E-state index contributed by atoms with van der Waals surface area (Å²) in [5.74, 6) is 0. The van der Waals surface area contributed by atoms with Crippen LogP contribution >= 0.6 is 11.3 Å². The first kappa shape index (κ1) is 14.6. The van der Waals surface area contributed by atoms with Crippen LogP contribution < -0.4 is 4.57 Å². The van der Waals surface area contributed by atoms with Gasteiger partial charge in [-0.3, -0.25) is 4.98 Å². The summed E-state index contributed by atoms with van der Waals surface area (Å²) in [6.07, 6.45) is 4.13. The average molecular weight is 341 g/mol. The molecule has 3 heteroatoms. The van der Waals surface area contributed by atoms with E-state index in [0.717, 1.165) is 5.52 Å². The van der Waals surface area contributed by atoms with Gasteiger partial charge in [-0.05, 0) is 24.6 Å². The zero-order valence-electron chi connectivity index (χ0n) is 14.2. The van der Waals surface area contributed by atoms with E-state index < -0.39 is 0 Å². The van der Waals surface area contributed by atoms with Crippen LogP contribution in [0.2, 0.25) is 0 Å². The lowest BCUT2D eigenvalue weighted by Gasteiger charge is -2.04. The van der Waals surface area contributed by atoms with Crippen molar-refractivity contribution >= 4 is 42.4 Å². The largest absolute Gasteiger partial charge is 0.255 e. The van der Waals surface area contributed by atoms with Crippen molar-refractivity contribution in [3.8, 4) is 11.3 Å². The highest BCUT2D eigenvalue weighted by Crippen LogP contribution is 2.38. The topological polar surface area (TPSA) is 16.8 Å². The Morgan fingerprint density at radius 2 is 1.84 bits per heavy atom. The van der Waals surface area contributed by atoms with Gasteiger partial charge in [-0.25, -0.2) is 4.57 Å². The molecule has 2 nitrogen and oxygen atoms in total. The molecule has 0 radical (unpaired) electrons. The summed E-state index contributed by atoms with van der Waals surface area (Å²) >= 11 is 1.84. The summed E-state index contributed by atoms with van der Waals surface area (Å²) in [7, 11) is 2.13. The Labute approximate surface area is 150 Å². The number of aromatic nitrogens is 2. The maximum Gasteiger partial charge on any atom is 0.213 e. The molecule has 0 N–H and O–H groups in total. The number of benzene rings is 2. The lowest BCUT2D eigenvalue weighted by Crippen LogP contribution is -2.30. The maximum atomic E-state index is 4.63. The standard InChI is InChI=1S/C22H17N2S/c1-14-6-3-4-8-16(14)19-12-20-18(13-24(19)2)17-10-9-15-7-5-11-23-21(15)22(17)25-20/h3-13H,1-2H3/q+1. The van der Waals surface area contributed by atoms with E-state index in [1.807, 2.05) is 23.6 Å². The SMILES string of the molecule is Cc1ccccc1-c1cc2sc3c(ccc4cccnc43)c2c[n+]1C. The highest BCUT2D eigenvalue weighted by Gasteiger charge is 2.17. The molecule has 0 aliphatic rings. The Bertz CT molecular complexity index is 1270. The van der Waals surface area contributed by atoms with Gasteiger partial charge in [0.1, 0.15) is 7.05 Å². The van der Waals surface area contributed by atoms with E-state index in [9.17, 15) is 0 Å². The summed E-state index contributed by atoms with van der Waals surface area (Å²) in [4.78, 5) is 4.63. The fourth-order valence-corrected chi connectivity index (χ4v) is 4.81. The molecular formula is C22H17N2S+. The molecule has 0 aliphatic carbocycles. The first-order valence-corrected chi connectivity index (χ1v) is 9.19. The van der Waals surface area contributed by atoms with Crippen LogP contribution in [-0.2, 0) is 7.05 Å². The van der Waals surface area contributed by atoms with E-state index in [4.69, 9.17) is 0 Å². The Kier molecular flexibility index (Phi) is 3.12. The van der Waals surface area contributed by atoms with Crippen LogP contribution in [0, 0.1) is 6.92 Å². The minimum absolute atomic E-state index is 1.10. The van der Waals surface area contributed by atoms with Gasteiger partial charge in [0, 0.05) is 33.3 Å². The number of nitrogens with zero attached hydrogens (tertiary/aromatic N) is 2. The molecule has 0 saturated carbocycles.